The molecule has 2 aromatic heterocycles. The number of halogens is 1. The van der Waals surface area contributed by atoms with Gasteiger partial charge in [0.25, 0.3) is 10.0 Å². The van der Waals surface area contributed by atoms with E-state index < -0.39 is 10.0 Å². The Balaban J connectivity index is 1.92. The molecule has 0 radical (unpaired) electrons. The van der Waals surface area contributed by atoms with Gasteiger partial charge in [0.15, 0.2) is 15.1 Å². The van der Waals surface area contributed by atoms with Crippen molar-refractivity contribution < 1.29 is 8.42 Å². The molecular formula is C13H10ClN3O2S2. The van der Waals surface area contributed by atoms with Gasteiger partial charge in [0.2, 0.25) is 0 Å². The van der Waals surface area contributed by atoms with Crippen molar-refractivity contribution in [2.75, 3.05) is 10.8 Å². The predicted molar refractivity (Wildman–Crippen MR) is 82.8 cm³/mol. The zero-order chi connectivity index (χ0) is 14.6. The van der Waals surface area contributed by atoms with Gasteiger partial charge in [0.1, 0.15) is 0 Å². The van der Waals surface area contributed by atoms with Gasteiger partial charge in [-0.2, -0.15) is 8.42 Å². The van der Waals surface area contributed by atoms with Gasteiger partial charge in [-0.05, 0) is 18.1 Å². The number of hydrogen-bond acceptors (Lipinski definition) is 4. The van der Waals surface area contributed by atoms with E-state index in [1.807, 2.05) is 24.3 Å². The number of aromatic nitrogens is 2. The zero-order valence-corrected chi connectivity index (χ0v) is 13.1. The molecule has 1 aromatic carbocycles. The average Bonchev–Trinajstić information content (AvgIpc) is 3.10. The molecule has 0 N–H and O–H groups in total. The van der Waals surface area contributed by atoms with Gasteiger partial charge < -0.3 is 0 Å². The Morgan fingerprint density at radius 3 is 2.95 bits per heavy atom. The molecule has 0 amide bonds. The quantitative estimate of drug-likeness (QED) is 0.721. The van der Waals surface area contributed by atoms with Gasteiger partial charge in [-0.15, -0.1) is 11.3 Å². The fourth-order valence-corrected chi connectivity index (χ4v) is 5.55. The van der Waals surface area contributed by atoms with Gasteiger partial charge in [-0.3, -0.25) is 8.71 Å². The van der Waals surface area contributed by atoms with E-state index in [1.165, 1.54) is 20.0 Å². The summed E-state index contributed by atoms with van der Waals surface area (Å²) in [6.07, 6.45) is 2.38. The number of rotatable bonds is 2. The first-order chi connectivity index (χ1) is 10.1. The molecule has 0 saturated carbocycles. The fraction of sp³-hybridized carbons (Fsp3) is 0.154. The third kappa shape index (κ3) is 1.81. The number of anilines is 1. The minimum Gasteiger partial charge on any atom is -0.278 e. The topological polar surface area (TPSA) is 54.7 Å². The first kappa shape index (κ1) is 13.1. The summed E-state index contributed by atoms with van der Waals surface area (Å²) in [5.74, 6) is 0. The number of benzene rings is 1. The molecule has 3 aromatic rings. The van der Waals surface area contributed by atoms with E-state index in [4.69, 9.17) is 11.6 Å². The minimum absolute atomic E-state index is 0.0197. The van der Waals surface area contributed by atoms with Gasteiger partial charge in [-0.1, -0.05) is 29.8 Å². The lowest BCUT2D eigenvalue weighted by Gasteiger charge is -2.18. The maximum Gasteiger partial charge on any atom is 0.283 e. The van der Waals surface area contributed by atoms with Crippen LogP contribution < -0.4 is 4.31 Å². The van der Waals surface area contributed by atoms with Crippen LogP contribution in [0.4, 0.5) is 5.69 Å². The zero-order valence-electron chi connectivity index (χ0n) is 10.7. The van der Waals surface area contributed by atoms with Crippen LogP contribution >= 0.6 is 22.9 Å². The number of fused-ring (bicyclic) bond motifs is 2. The molecule has 1 aliphatic rings. The maximum absolute atomic E-state index is 13.0. The molecule has 108 valence electrons. The number of imidazole rings is 1. The summed E-state index contributed by atoms with van der Waals surface area (Å²) in [5, 5.41) is 1.85. The normalized spacial score (nSPS) is 14.8. The summed E-state index contributed by atoms with van der Waals surface area (Å²) >= 11 is 7.42. The second-order valence-corrected chi connectivity index (χ2v) is 7.73. The lowest BCUT2D eigenvalue weighted by molar-refractivity contribution is 0.587. The molecule has 0 bridgehead atoms. The summed E-state index contributed by atoms with van der Waals surface area (Å²) in [4.78, 5) is 4.68. The van der Waals surface area contributed by atoms with Crippen LogP contribution in [0.5, 0.6) is 0 Å². The maximum atomic E-state index is 13.0. The Hall–Kier alpha value is -1.57. The molecule has 4 rings (SSSR count). The number of thiazole rings is 1. The first-order valence-electron chi connectivity index (χ1n) is 6.31. The number of para-hydroxylation sites is 1. The second kappa shape index (κ2) is 4.46. The average molecular weight is 340 g/mol. The highest BCUT2D eigenvalue weighted by Gasteiger charge is 2.35. The summed E-state index contributed by atoms with van der Waals surface area (Å²) in [6.45, 7) is 0.426. The van der Waals surface area contributed by atoms with Crippen molar-refractivity contribution in [2.45, 2.75) is 11.4 Å². The largest absolute Gasteiger partial charge is 0.283 e. The summed E-state index contributed by atoms with van der Waals surface area (Å²) in [5.41, 5.74) is 1.75. The van der Waals surface area contributed by atoms with Gasteiger partial charge in [0, 0.05) is 18.1 Å². The predicted octanol–water partition coefficient (Wildman–Crippen LogP) is 2.80. The molecule has 3 heterocycles. The van der Waals surface area contributed by atoms with E-state index >= 15 is 0 Å². The van der Waals surface area contributed by atoms with Gasteiger partial charge in [0.05, 0.1) is 5.69 Å². The van der Waals surface area contributed by atoms with Crippen molar-refractivity contribution in [3.63, 3.8) is 0 Å². The van der Waals surface area contributed by atoms with E-state index in [0.29, 0.717) is 17.9 Å². The Morgan fingerprint density at radius 2 is 2.10 bits per heavy atom. The molecule has 0 saturated heterocycles. The van der Waals surface area contributed by atoms with Crippen LogP contribution in [0.1, 0.15) is 5.56 Å². The highest BCUT2D eigenvalue weighted by molar-refractivity contribution is 7.92. The van der Waals surface area contributed by atoms with Crippen molar-refractivity contribution >= 4 is 43.6 Å². The van der Waals surface area contributed by atoms with Crippen LogP contribution in [0.15, 0.2) is 40.9 Å². The van der Waals surface area contributed by atoms with Crippen LogP contribution in [-0.4, -0.2) is 24.3 Å². The van der Waals surface area contributed by atoms with Crippen molar-refractivity contribution in [2.24, 2.45) is 0 Å². The van der Waals surface area contributed by atoms with E-state index in [-0.39, 0.29) is 10.2 Å². The van der Waals surface area contributed by atoms with Crippen LogP contribution in [0.25, 0.3) is 4.96 Å². The smallest absolute Gasteiger partial charge is 0.278 e. The monoisotopic (exact) mass is 339 g/mol. The third-order valence-electron chi connectivity index (χ3n) is 3.56. The van der Waals surface area contributed by atoms with E-state index in [2.05, 4.69) is 4.98 Å². The Labute approximate surface area is 130 Å². The number of nitrogens with zero attached hydrogens (tertiary/aromatic N) is 3. The van der Waals surface area contributed by atoms with Gasteiger partial charge >= 0.3 is 0 Å². The third-order valence-corrected chi connectivity index (χ3v) is 6.53. The standard InChI is InChI=1S/C13H10ClN3O2S2/c14-11-12(16-7-8-20-13(16)15-11)21(18,19)17-6-5-9-3-1-2-4-10(9)17/h1-4,7-8H,5-6H2. The summed E-state index contributed by atoms with van der Waals surface area (Å²) in [7, 11) is -3.73. The molecule has 0 aliphatic carbocycles. The summed E-state index contributed by atoms with van der Waals surface area (Å²) in [6, 6.07) is 7.52. The second-order valence-electron chi connectivity index (χ2n) is 4.72. The Kier molecular flexibility index (Phi) is 2.79. The van der Waals surface area contributed by atoms with Crippen molar-refractivity contribution in [1.82, 2.24) is 9.38 Å². The fourth-order valence-electron chi connectivity index (χ4n) is 2.63. The minimum atomic E-state index is -3.73. The van der Waals surface area contributed by atoms with Crippen molar-refractivity contribution in [1.29, 1.82) is 0 Å². The molecule has 1 aliphatic heterocycles. The molecule has 21 heavy (non-hydrogen) atoms. The highest BCUT2D eigenvalue weighted by atomic mass is 35.5. The number of sulfonamides is 1. The molecule has 0 atom stereocenters. The van der Waals surface area contributed by atoms with Gasteiger partial charge in [-0.25, -0.2) is 4.98 Å². The lowest BCUT2D eigenvalue weighted by Crippen LogP contribution is -2.30. The molecular weight excluding hydrogens is 330 g/mol. The molecule has 0 unspecified atom stereocenters. The number of hydrogen-bond donors (Lipinski definition) is 0. The SMILES string of the molecule is O=S(=O)(c1c(Cl)nc2sccn12)N1CCc2ccccc21. The van der Waals surface area contributed by atoms with E-state index in [9.17, 15) is 8.42 Å². The molecule has 8 heteroatoms. The molecule has 0 fully saturated rings. The first-order valence-corrected chi connectivity index (χ1v) is 9.00. The van der Waals surface area contributed by atoms with E-state index in [1.54, 1.807) is 11.6 Å². The van der Waals surface area contributed by atoms with Crippen molar-refractivity contribution in [3.05, 3.63) is 46.6 Å². The lowest BCUT2D eigenvalue weighted by atomic mass is 10.2. The Bertz CT molecular complexity index is 945. The molecule has 0 spiro atoms. The van der Waals surface area contributed by atoms with Crippen LogP contribution in [-0.2, 0) is 16.4 Å². The van der Waals surface area contributed by atoms with Crippen LogP contribution in [0.3, 0.4) is 0 Å². The van der Waals surface area contributed by atoms with E-state index in [0.717, 1.165) is 11.3 Å². The van der Waals surface area contributed by atoms with Crippen molar-refractivity contribution in [3.8, 4) is 0 Å². The highest BCUT2D eigenvalue weighted by Crippen LogP contribution is 2.35. The van der Waals surface area contributed by atoms with Crippen LogP contribution in [0, 0.1) is 0 Å². The Morgan fingerprint density at radius 1 is 1.29 bits per heavy atom. The molecule has 5 nitrogen and oxygen atoms in total. The summed E-state index contributed by atoms with van der Waals surface area (Å²) < 4.78 is 28.9. The van der Waals surface area contributed by atoms with Crippen LogP contribution in [0.2, 0.25) is 5.15 Å².